The number of hydrogen-bond donors (Lipinski definition) is 1. The molecule has 0 fully saturated rings. The Morgan fingerprint density at radius 3 is 3.00 bits per heavy atom. The van der Waals surface area contributed by atoms with Crippen LogP contribution in [0.2, 0.25) is 0 Å². The van der Waals surface area contributed by atoms with E-state index in [2.05, 4.69) is 39.0 Å². The summed E-state index contributed by atoms with van der Waals surface area (Å²) < 4.78 is 0. The predicted molar refractivity (Wildman–Crippen MR) is 71.1 cm³/mol. The van der Waals surface area contributed by atoms with Crippen LogP contribution in [0.25, 0.3) is 0 Å². The number of hydrogen-bond acceptors (Lipinski definition) is 4. The monoisotopic (exact) mass is 247 g/mol. The van der Waals surface area contributed by atoms with Gasteiger partial charge in [-0.15, -0.1) is 0 Å². The first-order valence-electron chi connectivity index (χ1n) is 5.77. The summed E-state index contributed by atoms with van der Waals surface area (Å²) in [7, 11) is 0. The molecule has 1 unspecified atom stereocenters. The van der Waals surface area contributed by atoms with Crippen LogP contribution < -0.4 is 5.32 Å². The first kappa shape index (κ1) is 12.2. The summed E-state index contributed by atoms with van der Waals surface area (Å²) in [5.41, 5.74) is 2.45. The predicted octanol–water partition coefficient (Wildman–Crippen LogP) is 2.57. The van der Waals surface area contributed by atoms with Crippen molar-refractivity contribution in [2.24, 2.45) is 0 Å². The van der Waals surface area contributed by atoms with Gasteiger partial charge in [0.25, 0.3) is 0 Å². The van der Waals surface area contributed by atoms with Gasteiger partial charge < -0.3 is 5.32 Å². The highest BCUT2D eigenvalue weighted by Crippen LogP contribution is 2.08. The topological polar surface area (TPSA) is 37.8 Å². The van der Waals surface area contributed by atoms with Gasteiger partial charge in [0.1, 0.15) is 5.82 Å². The van der Waals surface area contributed by atoms with Gasteiger partial charge in [0.05, 0.1) is 5.69 Å². The maximum Gasteiger partial charge on any atom is 0.125 e. The molecule has 0 radical (unpaired) electrons. The second kappa shape index (κ2) is 5.89. The fraction of sp³-hybridized carbons (Fsp3) is 0.385. The molecule has 4 heteroatoms. The lowest BCUT2D eigenvalue weighted by Gasteiger charge is -2.12. The summed E-state index contributed by atoms with van der Waals surface area (Å²) in [6, 6.07) is 4.59. The van der Waals surface area contributed by atoms with Gasteiger partial charge in [0.2, 0.25) is 0 Å². The van der Waals surface area contributed by atoms with Crippen LogP contribution in [0.4, 0.5) is 0 Å². The second-order valence-electron chi connectivity index (χ2n) is 4.21. The molecule has 0 aliphatic heterocycles. The van der Waals surface area contributed by atoms with E-state index in [0.717, 1.165) is 24.5 Å². The average molecular weight is 247 g/mol. The third kappa shape index (κ3) is 3.91. The van der Waals surface area contributed by atoms with Crippen molar-refractivity contribution in [3.8, 4) is 0 Å². The molecule has 2 heterocycles. The molecule has 0 saturated carbocycles. The van der Waals surface area contributed by atoms with Crippen LogP contribution in [0, 0.1) is 6.92 Å². The van der Waals surface area contributed by atoms with Gasteiger partial charge in [0.15, 0.2) is 0 Å². The molecule has 0 spiro atoms. The molecule has 0 saturated heterocycles. The maximum atomic E-state index is 4.37. The molecule has 17 heavy (non-hydrogen) atoms. The van der Waals surface area contributed by atoms with Gasteiger partial charge in [-0.05, 0) is 48.7 Å². The van der Waals surface area contributed by atoms with Crippen LogP contribution in [0.1, 0.15) is 24.0 Å². The molecule has 0 aromatic carbocycles. The van der Waals surface area contributed by atoms with Gasteiger partial charge in [-0.25, -0.2) is 9.97 Å². The Labute approximate surface area is 106 Å². The molecule has 2 aromatic rings. The van der Waals surface area contributed by atoms with Gasteiger partial charge in [-0.2, -0.15) is 11.3 Å². The summed E-state index contributed by atoms with van der Waals surface area (Å²) in [6.07, 6.45) is 2.87. The van der Waals surface area contributed by atoms with E-state index in [9.17, 15) is 0 Å². The first-order valence-corrected chi connectivity index (χ1v) is 6.71. The smallest absolute Gasteiger partial charge is 0.125 e. The van der Waals surface area contributed by atoms with Crippen LogP contribution in [0.3, 0.4) is 0 Å². The van der Waals surface area contributed by atoms with E-state index in [-0.39, 0.29) is 0 Å². The fourth-order valence-electron chi connectivity index (χ4n) is 1.72. The highest BCUT2D eigenvalue weighted by molar-refractivity contribution is 7.07. The largest absolute Gasteiger partial charge is 0.308 e. The zero-order chi connectivity index (χ0) is 12.1. The van der Waals surface area contributed by atoms with Gasteiger partial charge in [0, 0.05) is 18.8 Å². The molecule has 2 aromatic heterocycles. The molecule has 2 rings (SSSR count). The Hall–Kier alpha value is -1.26. The average Bonchev–Trinajstić information content (AvgIpc) is 2.79. The number of aryl methyl sites for hydroxylation is 1. The number of aromatic nitrogens is 2. The van der Waals surface area contributed by atoms with Gasteiger partial charge in [-0.1, -0.05) is 0 Å². The molecule has 90 valence electrons. The maximum absolute atomic E-state index is 4.37. The Balaban J connectivity index is 1.82. The summed E-state index contributed by atoms with van der Waals surface area (Å²) in [5.74, 6) is 0.829. The quantitative estimate of drug-likeness (QED) is 0.882. The Bertz CT molecular complexity index is 453. The Morgan fingerprint density at radius 1 is 1.41 bits per heavy atom. The SMILES string of the molecule is Cc1nccc(CNC(C)Cc2ccsc2)n1. The van der Waals surface area contributed by atoms with E-state index in [4.69, 9.17) is 0 Å². The van der Waals surface area contributed by atoms with Crippen molar-refractivity contribution in [1.29, 1.82) is 0 Å². The minimum atomic E-state index is 0.458. The highest BCUT2D eigenvalue weighted by atomic mass is 32.1. The van der Waals surface area contributed by atoms with Crippen LogP contribution in [0.5, 0.6) is 0 Å². The molecule has 1 N–H and O–H groups in total. The molecule has 0 aliphatic rings. The Kier molecular flexibility index (Phi) is 4.23. The van der Waals surface area contributed by atoms with Crippen LogP contribution in [-0.2, 0) is 13.0 Å². The lowest BCUT2D eigenvalue weighted by atomic mass is 10.1. The lowest BCUT2D eigenvalue weighted by molar-refractivity contribution is 0.539. The van der Waals surface area contributed by atoms with Crippen molar-refractivity contribution in [1.82, 2.24) is 15.3 Å². The van der Waals surface area contributed by atoms with E-state index in [1.165, 1.54) is 5.56 Å². The van der Waals surface area contributed by atoms with Crippen LogP contribution in [0.15, 0.2) is 29.1 Å². The van der Waals surface area contributed by atoms with Crippen molar-refractivity contribution in [2.45, 2.75) is 32.9 Å². The summed E-state index contributed by atoms with van der Waals surface area (Å²) in [6.45, 7) is 4.92. The fourth-order valence-corrected chi connectivity index (χ4v) is 2.40. The Morgan fingerprint density at radius 2 is 2.29 bits per heavy atom. The van der Waals surface area contributed by atoms with Crippen molar-refractivity contribution in [3.05, 3.63) is 46.2 Å². The van der Waals surface area contributed by atoms with E-state index in [1.54, 1.807) is 11.3 Å². The van der Waals surface area contributed by atoms with E-state index in [0.29, 0.717) is 6.04 Å². The molecule has 0 bridgehead atoms. The van der Waals surface area contributed by atoms with Crippen molar-refractivity contribution in [3.63, 3.8) is 0 Å². The summed E-state index contributed by atoms with van der Waals surface area (Å²) in [4.78, 5) is 8.46. The number of thiophene rings is 1. The van der Waals surface area contributed by atoms with E-state index >= 15 is 0 Å². The van der Waals surface area contributed by atoms with Gasteiger partial charge >= 0.3 is 0 Å². The number of rotatable bonds is 5. The molecular formula is C13H17N3S. The highest BCUT2D eigenvalue weighted by Gasteiger charge is 2.04. The number of nitrogens with one attached hydrogen (secondary N) is 1. The standard InChI is InChI=1S/C13H17N3S/c1-10(7-12-4-6-17-9-12)15-8-13-3-5-14-11(2)16-13/h3-6,9-10,15H,7-8H2,1-2H3. The minimum Gasteiger partial charge on any atom is -0.308 e. The van der Waals surface area contributed by atoms with Crippen molar-refractivity contribution >= 4 is 11.3 Å². The second-order valence-corrected chi connectivity index (χ2v) is 4.99. The normalized spacial score (nSPS) is 12.6. The van der Waals surface area contributed by atoms with Gasteiger partial charge in [-0.3, -0.25) is 0 Å². The first-order chi connectivity index (χ1) is 8.24. The molecule has 1 atom stereocenters. The van der Waals surface area contributed by atoms with Crippen molar-refractivity contribution in [2.75, 3.05) is 0 Å². The van der Waals surface area contributed by atoms with E-state index < -0.39 is 0 Å². The van der Waals surface area contributed by atoms with Crippen LogP contribution in [-0.4, -0.2) is 16.0 Å². The number of nitrogens with zero attached hydrogens (tertiary/aromatic N) is 2. The lowest BCUT2D eigenvalue weighted by Crippen LogP contribution is -2.27. The summed E-state index contributed by atoms with van der Waals surface area (Å²) in [5, 5.41) is 7.80. The molecule has 3 nitrogen and oxygen atoms in total. The zero-order valence-corrected chi connectivity index (χ0v) is 11.0. The third-order valence-corrected chi connectivity index (χ3v) is 3.32. The summed E-state index contributed by atoms with van der Waals surface area (Å²) >= 11 is 1.75. The third-order valence-electron chi connectivity index (χ3n) is 2.59. The molecular weight excluding hydrogens is 230 g/mol. The minimum absolute atomic E-state index is 0.458. The van der Waals surface area contributed by atoms with Crippen LogP contribution >= 0.6 is 11.3 Å². The molecule has 0 amide bonds. The zero-order valence-electron chi connectivity index (χ0n) is 10.2. The van der Waals surface area contributed by atoms with Crippen molar-refractivity contribution < 1.29 is 0 Å². The van der Waals surface area contributed by atoms with E-state index in [1.807, 2.05) is 19.2 Å². The molecule has 0 aliphatic carbocycles.